The van der Waals surface area contributed by atoms with E-state index in [1.54, 1.807) is 0 Å². The zero-order chi connectivity index (χ0) is 28.3. The van der Waals surface area contributed by atoms with Gasteiger partial charge in [0.1, 0.15) is 0 Å². The predicted octanol–water partition coefficient (Wildman–Crippen LogP) is 7.77. The van der Waals surface area contributed by atoms with E-state index in [9.17, 15) is 4.79 Å². The van der Waals surface area contributed by atoms with Gasteiger partial charge in [-0.1, -0.05) is 20.8 Å². The number of nitrogens with zero attached hydrogens (tertiary/aromatic N) is 2. The first-order valence-electron chi connectivity index (χ1n) is 14.8. The monoisotopic (exact) mass is 536 g/mol. The molecule has 0 saturated carbocycles. The Bertz CT molecular complexity index is 1740. The van der Waals surface area contributed by atoms with Gasteiger partial charge >= 0.3 is 5.97 Å². The number of hydrogen-bond acceptors (Lipinski definition) is 4. The number of esters is 1. The van der Waals surface area contributed by atoms with Crippen molar-refractivity contribution < 1.29 is 9.53 Å². The third kappa shape index (κ3) is 4.11. The van der Waals surface area contributed by atoms with Crippen molar-refractivity contribution in [3.8, 4) is 0 Å². The number of carbonyl (C=O) groups is 1. The fourth-order valence-electron chi connectivity index (χ4n) is 7.13. The molecule has 208 valence electrons. The lowest BCUT2D eigenvalue weighted by molar-refractivity contribution is -0.140. The second-order valence-corrected chi connectivity index (χ2v) is 11.6. The molecule has 6 nitrogen and oxygen atoms in total. The van der Waals surface area contributed by atoms with Crippen molar-refractivity contribution in [1.29, 1.82) is 0 Å². The lowest BCUT2D eigenvalue weighted by Gasteiger charge is -2.16. The van der Waals surface area contributed by atoms with E-state index in [-0.39, 0.29) is 17.8 Å². The molecule has 0 aromatic carbocycles. The molecule has 2 N–H and O–H groups in total. The van der Waals surface area contributed by atoms with Crippen LogP contribution in [0.25, 0.3) is 33.2 Å². The van der Waals surface area contributed by atoms with Crippen molar-refractivity contribution in [3.63, 3.8) is 0 Å². The van der Waals surface area contributed by atoms with Gasteiger partial charge in [-0.25, -0.2) is 4.98 Å². The standard InChI is InChI=1S/C34H40N4O2/c1-8-21-17(3)26-14-28-20(6)24(12-13-32(39)40-7)34(37-28)25-11-10-23-19(5)29(38-33(23)25)16-31-22(9-2)18(4)27(36-31)15-30(21)35-26/h14-16,20,24,35-36H,8-13H2,1-7H3/t20-,24-/m0/s1. The van der Waals surface area contributed by atoms with Crippen molar-refractivity contribution in [2.24, 2.45) is 0 Å². The van der Waals surface area contributed by atoms with Gasteiger partial charge < -0.3 is 14.7 Å². The number of hydrogen-bond donors (Lipinski definition) is 2. The average Bonchev–Trinajstić information content (AvgIpc) is 3.70. The third-order valence-corrected chi connectivity index (χ3v) is 9.60. The number of methoxy groups -OCH3 is 1. The number of allylic oxidation sites excluding steroid dienone is 2. The van der Waals surface area contributed by atoms with Gasteiger partial charge in [-0.15, -0.1) is 0 Å². The highest BCUT2D eigenvalue weighted by Gasteiger charge is 2.35. The van der Waals surface area contributed by atoms with Gasteiger partial charge in [0, 0.05) is 57.3 Å². The molecule has 2 aliphatic heterocycles. The summed E-state index contributed by atoms with van der Waals surface area (Å²) in [6.07, 6.45) is 4.93. The number of aryl methyl sites for hydroxylation is 4. The lowest BCUT2D eigenvalue weighted by Crippen LogP contribution is -2.09. The second-order valence-electron chi connectivity index (χ2n) is 11.6. The molecule has 3 aliphatic rings. The van der Waals surface area contributed by atoms with E-state index >= 15 is 0 Å². The van der Waals surface area contributed by atoms with E-state index in [0.29, 0.717) is 12.8 Å². The smallest absolute Gasteiger partial charge is 0.305 e. The fraction of sp³-hybridized carbons (Fsp3) is 0.441. The van der Waals surface area contributed by atoms with E-state index in [1.807, 2.05) is 0 Å². The summed E-state index contributed by atoms with van der Waals surface area (Å²) in [5.74, 6) is 0.172. The Hall–Kier alpha value is -3.67. The van der Waals surface area contributed by atoms with Crippen LogP contribution in [-0.2, 0) is 28.8 Å². The van der Waals surface area contributed by atoms with Gasteiger partial charge in [0.2, 0.25) is 0 Å². The Morgan fingerprint density at radius 3 is 2.23 bits per heavy atom. The van der Waals surface area contributed by atoms with Crippen molar-refractivity contribution in [1.82, 2.24) is 19.9 Å². The summed E-state index contributed by atoms with van der Waals surface area (Å²) in [6, 6.07) is 6.75. The summed E-state index contributed by atoms with van der Waals surface area (Å²) < 4.78 is 5.00. The molecule has 3 aromatic heterocycles. The normalized spacial score (nSPS) is 18.1. The zero-order valence-electron chi connectivity index (χ0n) is 24.8. The van der Waals surface area contributed by atoms with Crippen LogP contribution < -0.4 is 0 Å². The second kappa shape index (κ2) is 10.1. The quantitative estimate of drug-likeness (QED) is 0.326. The van der Waals surface area contributed by atoms with Crippen molar-refractivity contribution in [2.75, 3.05) is 7.11 Å². The number of ether oxygens (including phenoxy) is 1. The summed E-state index contributed by atoms with van der Waals surface area (Å²) in [5, 5.41) is 0. The van der Waals surface area contributed by atoms with Crippen LogP contribution in [0.1, 0.15) is 109 Å². The van der Waals surface area contributed by atoms with Gasteiger partial charge in [-0.2, -0.15) is 0 Å². The zero-order valence-corrected chi connectivity index (χ0v) is 24.8. The molecule has 0 unspecified atom stereocenters. The highest BCUT2D eigenvalue weighted by Crippen LogP contribution is 2.47. The molecule has 0 spiro atoms. The minimum atomic E-state index is -0.168. The molecular formula is C34H40N4O2. The van der Waals surface area contributed by atoms with Gasteiger partial charge in [0.15, 0.2) is 0 Å². The number of H-pyrrole nitrogens is 2. The van der Waals surface area contributed by atoms with Crippen molar-refractivity contribution in [2.45, 2.75) is 91.9 Å². The molecule has 0 radical (unpaired) electrons. The molecule has 0 fully saturated rings. The summed E-state index contributed by atoms with van der Waals surface area (Å²) in [4.78, 5) is 30.2. The van der Waals surface area contributed by atoms with Crippen LogP contribution in [0.5, 0.6) is 0 Å². The number of aromatic nitrogens is 4. The molecule has 6 rings (SSSR count). The SMILES string of the molecule is CCc1c(C)c2cc3[nH]c(cc4nc(c5c6nc(cc1[nH]2)C(C)=C6CC5)[C@@H](CCC(=O)OC)[C@@H]4C)c(C)c3CC. The van der Waals surface area contributed by atoms with E-state index < -0.39 is 0 Å². The largest absolute Gasteiger partial charge is 0.469 e. The Balaban J connectivity index is 1.72. The van der Waals surface area contributed by atoms with Crippen LogP contribution in [0.4, 0.5) is 0 Å². The number of nitrogens with one attached hydrogen (secondary N) is 2. The highest BCUT2D eigenvalue weighted by atomic mass is 16.5. The Morgan fingerprint density at radius 1 is 0.925 bits per heavy atom. The van der Waals surface area contributed by atoms with Gasteiger partial charge in [-0.05, 0) is 104 Å². The molecule has 6 heteroatoms. The first-order valence-corrected chi connectivity index (χ1v) is 14.8. The minimum Gasteiger partial charge on any atom is -0.469 e. The molecule has 8 bridgehead atoms. The Kier molecular flexibility index (Phi) is 6.68. The lowest BCUT2D eigenvalue weighted by atomic mass is 9.85. The molecule has 40 heavy (non-hydrogen) atoms. The number of rotatable bonds is 5. The molecular weight excluding hydrogens is 496 g/mol. The molecule has 3 aromatic rings. The summed E-state index contributed by atoms with van der Waals surface area (Å²) >= 11 is 0. The highest BCUT2D eigenvalue weighted by molar-refractivity contribution is 5.95. The average molecular weight is 537 g/mol. The summed E-state index contributed by atoms with van der Waals surface area (Å²) in [7, 11) is 1.46. The van der Waals surface area contributed by atoms with Crippen LogP contribution >= 0.6 is 0 Å². The Morgan fingerprint density at radius 2 is 1.57 bits per heavy atom. The molecule has 5 heterocycles. The van der Waals surface area contributed by atoms with Crippen molar-refractivity contribution >= 4 is 39.2 Å². The van der Waals surface area contributed by atoms with E-state index in [0.717, 1.165) is 70.5 Å². The topological polar surface area (TPSA) is 83.7 Å². The van der Waals surface area contributed by atoms with Gasteiger partial charge in [0.25, 0.3) is 0 Å². The maximum Gasteiger partial charge on any atom is 0.305 e. The number of aromatic amines is 2. The van der Waals surface area contributed by atoms with E-state index in [1.165, 1.54) is 46.1 Å². The van der Waals surface area contributed by atoms with Crippen LogP contribution in [-0.4, -0.2) is 33.0 Å². The summed E-state index contributed by atoms with van der Waals surface area (Å²) in [6.45, 7) is 13.3. The molecule has 2 atom stereocenters. The van der Waals surface area contributed by atoms with Crippen molar-refractivity contribution in [3.05, 3.63) is 68.8 Å². The predicted molar refractivity (Wildman–Crippen MR) is 162 cm³/mol. The van der Waals surface area contributed by atoms with Crippen LogP contribution in [0.15, 0.2) is 18.2 Å². The number of fused-ring (bicyclic) bond motifs is 8. The van der Waals surface area contributed by atoms with E-state index in [2.05, 4.69) is 69.7 Å². The van der Waals surface area contributed by atoms with Crippen LogP contribution in [0.2, 0.25) is 0 Å². The maximum absolute atomic E-state index is 12.2. The molecule has 0 saturated heterocycles. The van der Waals surface area contributed by atoms with Crippen LogP contribution in [0, 0.1) is 13.8 Å². The maximum atomic E-state index is 12.2. The Labute approximate surface area is 236 Å². The third-order valence-electron chi connectivity index (χ3n) is 9.60. The molecule has 0 amide bonds. The summed E-state index contributed by atoms with van der Waals surface area (Å²) in [5.41, 5.74) is 18.0. The van der Waals surface area contributed by atoms with E-state index in [4.69, 9.17) is 14.7 Å². The minimum absolute atomic E-state index is 0.151. The molecule has 1 aliphatic carbocycles. The fourth-order valence-corrected chi connectivity index (χ4v) is 7.13. The van der Waals surface area contributed by atoms with Gasteiger partial charge in [-0.3, -0.25) is 9.78 Å². The number of carbonyl (C=O) groups excluding carboxylic acids is 1. The first kappa shape index (κ1) is 26.5. The first-order chi connectivity index (χ1) is 19.2. The van der Waals surface area contributed by atoms with Crippen LogP contribution in [0.3, 0.4) is 0 Å². The van der Waals surface area contributed by atoms with Gasteiger partial charge in [0.05, 0.1) is 18.5 Å².